The van der Waals surface area contributed by atoms with Crippen molar-refractivity contribution in [3.05, 3.63) is 35.9 Å². The van der Waals surface area contributed by atoms with Gasteiger partial charge in [0, 0.05) is 6.61 Å². The molecule has 0 fully saturated rings. The van der Waals surface area contributed by atoms with Crippen molar-refractivity contribution in [2.75, 3.05) is 6.61 Å². The fourth-order valence-corrected chi connectivity index (χ4v) is 1.87. The Morgan fingerprint density at radius 3 is 2.13 bits per heavy atom. The minimum atomic E-state index is -0.0186. The SMILES string of the molecule is C[C@@H](c1ccccc1)[C@H](C)C(C)(C)CO. The van der Waals surface area contributed by atoms with Crippen molar-refractivity contribution in [1.29, 1.82) is 0 Å². The summed E-state index contributed by atoms with van der Waals surface area (Å²) in [5.41, 5.74) is 1.33. The molecule has 0 radical (unpaired) electrons. The van der Waals surface area contributed by atoms with Gasteiger partial charge >= 0.3 is 0 Å². The standard InChI is InChI=1S/C14H22O/c1-11(12(2)14(3,4)10-15)13-8-6-5-7-9-13/h5-9,11-12,15H,10H2,1-4H3/t11-,12+/m1/s1. The van der Waals surface area contributed by atoms with Crippen molar-refractivity contribution >= 4 is 0 Å². The second-order valence-corrected chi connectivity index (χ2v) is 5.13. The molecule has 84 valence electrons. The molecule has 0 bridgehead atoms. The van der Waals surface area contributed by atoms with E-state index in [2.05, 4.69) is 52.0 Å². The number of aliphatic hydroxyl groups is 1. The number of aliphatic hydroxyl groups excluding tert-OH is 1. The number of rotatable bonds is 4. The van der Waals surface area contributed by atoms with Crippen LogP contribution in [0, 0.1) is 11.3 Å². The summed E-state index contributed by atoms with van der Waals surface area (Å²) in [7, 11) is 0. The monoisotopic (exact) mass is 206 g/mol. The van der Waals surface area contributed by atoms with Gasteiger partial charge < -0.3 is 5.11 Å². The average molecular weight is 206 g/mol. The normalized spacial score (nSPS) is 16.1. The van der Waals surface area contributed by atoms with E-state index in [1.165, 1.54) is 5.56 Å². The molecule has 2 atom stereocenters. The molecule has 0 heterocycles. The van der Waals surface area contributed by atoms with Crippen LogP contribution >= 0.6 is 0 Å². The third-order valence-electron chi connectivity index (χ3n) is 3.72. The van der Waals surface area contributed by atoms with Crippen LogP contribution in [0.4, 0.5) is 0 Å². The topological polar surface area (TPSA) is 20.2 Å². The molecule has 0 aliphatic heterocycles. The van der Waals surface area contributed by atoms with Crippen LogP contribution in [0.5, 0.6) is 0 Å². The Morgan fingerprint density at radius 2 is 1.67 bits per heavy atom. The van der Waals surface area contributed by atoms with Gasteiger partial charge in [-0.05, 0) is 22.8 Å². The molecule has 1 aromatic rings. The maximum atomic E-state index is 9.36. The number of benzene rings is 1. The Balaban J connectivity index is 2.82. The predicted molar refractivity (Wildman–Crippen MR) is 64.9 cm³/mol. The van der Waals surface area contributed by atoms with E-state index in [0.29, 0.717) is 11.8 Å². The van der Waals surface area contributed by atoms with Crippen LogP contribution < -0.4 is 0 Å². The number of hydrogen-bond acceptors (Lipinski definition) is 1. The fourth-order valence-electron chi connectivity index (χ4n) is 1.87. The first-order chi connectivity index (χ1) is 6.99. The van der Waals surface area contributed by atoms with Gasteiger partial charge in [0.25, 0.3) is 0 Å². The van der Waals surface area contributed by atoms with Gasteiger partial charge in [0.2, 0.25) is 0 Å². The van der Waals surface area contributed by atoms with Crippen molar-refractivity contribution in [1.82, 2.24) is 0 Å². The Hall–Kier alpha value is -0.820. The van der Waals surface area contributed by atoms with Crippen LogP contribution in [0.15, 0.2) is 30.3 Å². The van der Waals surface area contributed by atoms with E-state index in [4.69, 9.17) is 0 Å². The molecule has 1 nitrogen and oxygen atoms in total. The predicted octanol–water partition coefficient (Wildman–Crippen LogP) is 3.44. The first kappa shape index (κ1) is 12.3. The summed E-state index contributed by atoms with van der Waals surface area (Å²) < 4.78 is 0. The van der Waals surface area contributed by atoms with E-state index >= 15 is 0 Å². The highest BCUT2D eigenvalue weighted by Gasteiger charge is 2.29. The van der Waals surface area contributed by atoms with Gasteiger partial charge in [-0.2, -0.15) is 0 Å². The third-order valence-corrected chi connectivity index (χ3v) is 3.72. The van der Waals surface area contributed by atoms with E-state index in [9.17, 15) is 5.11 Å². The highest BCUT2D eigenvalue weighted by atomic mass is 16.3. The largest absolute Gasteiger partial charge is 0.396 e. The van der Waals surface area contributed by atoms with Crippen LogP contribution in [-0.2, 0) is 0 Å². The molecule has 0 amide bonds. The van der Waals surface area contributed by atoms with E-state index < -0.39 is 0 Å². The second kappa shape index (κ2) is 4.80. The van der Waals surface area contributed by atoms with Crippen LogP contribution in [0.1, 0.15) is 39.2 Å². The Morgan fingerprint density at radius 1 is 1.13 bits per heavy atom. The van der Waals surface area contributed by atoms with E-state index in [0.717, 1.165) is 0 Å². The van der Waals surface area contributed by atoms with E-state index in [-0.39, 0.29) is 12.0 Å². The maximum absolute atomic E-state index is 9.36. The Kier molecular flexibility index (Phi) is 3.92. The quantitative estimate of drug-likeness (QED) is 0.800. The molecule has 1 heteroatoms. The lowest BCUT2D eigenvalue weighted by Gasteiger charge is -2.34. The minimum Gasteiger partial charge on any atom is -0.396 e. The van der Waals surface area contributed by atoms with Gasteiger partial charge in [-0.1, -0.05) is 58.0 Å². The van der Waals surface area contributed by atoms with Gasteiger partial charge in [0.15, 0.2) is 0 Å². The maximum Gasteiger partial charge on any atom is 0.0484 e. The van der Waals surface area contributed by atoms with Gasteiger partial charge in [-0.25, -0.2) is 0 Å². The third kappa shape index (κ3) is 2.82. The van der Waals surface area contributed by atoms with E-state index in [1.54, 1.807) is 0 Å². The summed E-state index contributed by atoms with van der Waals surface area (Å²) in [6, 6.07) is 10.5. The molecule has 0 aromatic heterocycles. The highest BCUT2D eigenvalue weighted by Crippen LogP contribution is 2.37. The van der Waals surface area contributed by atoms with Gasteiger partial charge in [-0.15, -0.1) is 0 Å². The van der Waals surface area contributed by atoms with Gasteiger partial charge in [0.05, 0.1) is 0 Å². The molecule has 15 heavy (non-hydrogen) atoms. The van der Waals surface area contributed by atoms with Crippen LogP contribution in [-0.4, -0.2) is 11.7 Å². The minimum absolute atomic E-state index is 0.0186. The molecule has 0 spiro atoms. The zero-order valence-corrected chi connectivity index (χ0v) is 10.2. The molecular weight excluding hydrogens is 184 g/mol. The molecule has 0 aliphatic rings. The zero-order chi connectivity index (χ0) is 11.5. The lowest BCUT2D eigenvalue weighted by atomic mass is 9.72. The van der Waals surface area contributed by atoms with Crippen molar-refractivity contribution in [2.24, 2.45) is 11.3 Å². The van der Waals surface area contributed by atoms with Crippen molar-refractivity contribution in [3.63, 3.8) is 0 Å². The average Bonchev–Trinajstić information content (AvgIpc) is 2.28. The fraction of sp³-hybridized carbons (Fsp3) is 0.571. The Bertz CT molecular complexity index is 289. The van der Waals surface area contributed by atoms with Crippen molar-refractivity contribution in [2.45, 2.75) is 33.6 Å². The van der Waals surface area contributed by atoms with Gasteiger partial charge in [-0.3, -0.25) is 0 Å². The molecule has 0 unspecified atom stereocenters. The summed E-state index contributed by atoms with van der Waals surface area (Å²) in [6.45, 7) is 8.94. The lowest BCUT2D eigenvalue weighted by molar-refractivity contribution is 0.0927. The summed E-state index contributed by atoms with van der Waals surface area (Å²) in [5.74, 6) is 0.943. The van der Waals surface area contributed by atoms with Crippen LogP contribution in [0.2, 0.25) is 0 Å². The molecule has 1 aromatic carbocycles. The molecular formula is C14H22O. The molecule has 0 saturated carbocycles. The summed E-state index contributed by atoms with van der Waals surface area (Å²) in [4.78, 5) is 0. The zero-order valence-electron chi connectivity index (χ0n) is 10.2. The Labute approximate surface area is 93.1 Å². The summed E-state index contributed by atoms with van der Waals surface area (Å²) in [6.07, 6.45) is 0. The summed E-state index contributed by atoms with van der Waals surface area (Å²) >= 11 is 0. The number of hydrogen-bond donors (Lipinski definition) is 1. The van der Waals surface area contributed by atoms with Gasteiger partial charge in [0.1, 0.15) is 0 Å². The smallest absolute Gasteiger partial charge is 0.0484 e. The highest BCUT2D eigenvalue weighted by molar-refractivity contribution is 5.19. The van der Waals surface area contributed by atoms with Crippen LogP contribution in [0.25, 0.3) is 0 Å². The molecule has 1 N–H and O–H groups in total. The lowest BCUT2D eigenvalue weighted by Crippen LogP contribution is -2.29. The first-order valence-corrected chi connectivity index (χ1v) is 5.65. The van der Waals surface area contributed by atoms with Crippen LogP contribution in [0.3, 0.4) is 0 Å². The van der Waals surface area contributed by atoms with Crippen molar-refractivity contribution in [3.8, 4) is 0 Å². The second-order valence-electron chi connectivity index (χ2n) is 5.13. The molecule has 0 saturated heterocycles. The summed E-state index contributed by atoms with van der Waals surface area (Å²) in [5, 5.41) is 9.36. The molecule has 0 aliphatic carbocycles. The molecule has 1 rings (SSSR count). The first-order valence-electron chi connectivity index (χ1n) is 5.65. The van der Waals surface area contributed by atoms with Crippen molar-refractivity contribution < 1.29 is 5.11 Å². The van der Waals surface area contributed by atoms with E-state index in [1.807, 2.05) is 6.07 Å².